The van der Waals surface area contributed by atoms with Gasteiger partial charge in [-0.05, 0) is 105 Å². The number of halogens is 2. The summed E-state index contributed by atoms with van der Waals surface area (Å²) in [5.74, 6) is -2.09. The van der Waals surface area contributed by atoms with E-state index in [9.17, 15) is 33.1 Å². The molecule has 2 aliphatic heterocycles. The number of hydrogen-bond acceptors (Lipinski definition) is 11. The standard InChI is InChI=1S/C21H32FN3O4.C15H20FNO4.C6H14N2O/c1-21(2,3)29-20(28)24-15(9-14-7-5-6-8-18(14)22)11-19(27)25-12-16(23-4)10-17(25)13-26;1-15(2,3)21-14(20)17-11(9-13(18)19)8-10-6-4-5-7-12(10)16;1-7-5-2-6(4-9)8-3-5/h5-8,15-17,23,26H,9-13H2,1-4H3,(H,24,28);4-7,11H,8-9H2,1-3H3,(H,17,20)(H,18,19);5-9H,2-4H2,1H3/t15-,16-,17+;11-;5-,6+/m111/s1. The summed E-state index contributed by atoms with van der Waals surface area (Å²) >= 11 is 0. The quantitative estimate of drug-likeness (QED) is 0.138. The maximum absolute atomic E-state index is 14.1. The van der Waals surface area contributed by atoms with Crippen LogP contribution in [0.15, 0.2) is 48.5 Å². The van der Waals surface area contributed by atoms with Crippen LogP contribution in [0.2, 0.25) is 0 Å². The Bertz CT molecular complexity index is 1610. The number of carboxylic acid groups (broad SMARTS) is 1. The molecule has 332 valence electrons. The van der Waals surface area contributed by atoms with Crippen molar-refractivity contribution in [3.05, 3.63) is 71.3 Å². The minimum atomic E-state index is -1.08. The van der Waals surface area contributed by atoms with E-state index in [1.54, 1.807) is 82.8 Å². The van der Waals surface area contributed by atoms with Crippen LogP contribution in [0, 0.1) is 11.6 Å². The van der Waals surface area contributed by atoms with Crippen LogP contribution >= 0.6 is 0 Å². The molecule has 17 heteroatoms. The van der Waals surface area contributed by atoms with Gasteiger partial charge in [0.2, 0.25) is 5.91 Å². The van der Waals surface area contributed by atoms with Crippen LogP contribution in [-0.2, 0) is 31.9 Å². The summed E-state index contributed by atoms with van der Waals surface area (Å²) in [4.78, 5) is 49.4. The summed E-state index contributed by atoms with van der Waals surface area (Å²) in [7, 11) is 3.77. The highest BCUT2D eigenvalue weighted by Crippen LogP contribution is 2.21. The Morgan fingerprint density at radius 2 is 1.24 bits per heavy atom. The van der Waals surface area contributed by atoms with E-state index in [0.717, 1.165) is 13.0 Å². The number of benzene rings is 2. The number of carbonyl (C=O) groups excluding carboxylic acids is 3. The van der Waals surface area contributed by atoms with Gasteiger partial charge >= 0.3 is 18.2 Å². The van der Waals surface area contributed by atoms with Gasteiger partial charge in [0.25, 0.3) is 0 Å². The molecule has 2 aromatic carbocycles. The fourth-order valence-electron chi connectivity index (χ4n) is 6.48. The molecule has 15 nitrogen and oxygen atoms in total. The van der Waals surface area contributed by atoms with Crippen molar-refractivity contribution >= 4 is 24.1 Å². The highest BCUT2D eigenvalue weighted by atomic mass is 19.1. The van der Waals surface area contributed by atoms with Crippen molar-refractivity contribution in [3.63, 3.8) is 0 Å². The minimum Gasteiger partial charge on any atom is -0.481 e. The average Bonchev–Trinajstić information content (AvgIpc) is 3.79. The maximum atomic E-state index is 14.1. The van der Waals surface area contributed by atoms with Gasteiger partial charge in [-0.3, -0.25) is 9.59 Å². The van der Waals surface area contributed by atoms with Gasteiger partial charge in [0, 0.05) is 49.7 Å². The molecule has 0 saturated carbocycles. The number of likely N-dealkylation sites (tertiary alicyclic amines) is 1. The molecule has 0 bridgehead atoms. The van der Waals surface area contributed by atoms with E-state index in [2.05, 4.69) is 26.6 Å². The number of carbonyl (C=O) groups is 4. The van der Waals surface area contributed by atoms with Crippen molar-refractivity contribution in [1.82, 2.24) is 31.5 Å². The molecule has 2 aromatic rings. The van der Waals surface area contributed by atoms with Crippen LogP contribution < -0.4 is 26.6 Å². The Morgan fingerprint density at radius 1 is 0.763 bits per heavy atom. The summed E-state index contributed by atoms with van der Waals surface area (Å²) in [5, 5.41) is 41.9. The molecule has 0 aromatic heterocycles. The predicted molar refractivity (Wildman–Crippen MR) is 220 cm³/mol. The normalized spacial score (nSPS) is 19.9. The molecular weight excluding hydrogens is 770 g/mol. The van der Waals surface area contributed by atoms with E-state index in [-0.39, 0.29) is 62.7 Å². The number of ether oxygens (including phenoxy) is 2. The smallest absolute Gasteiger partial charge is 0.407 e. The average molecular weight is 837 g/mol. The summed E-state index contributed by atoms with van der Waals surface area (Å²) in [6, 6.07) is 11.7. The Kier molecular flexibility index (Phi) is 21.2. The lowest BCUT2D eigenvalue weighted by Crippen LogP contribution is -2.45. The van der Waals surface area contributed by atoms with Crippen molar-refractivity contribution < 1.29 is 52.8 Å². The first kappa shape index (κ1) is 50.7. The third kappa shape index (κ3) is 19.9. The van der Waals surface area contributed by atoms with Crippen LogP contribution in [0.25, 0.3) is 0 Å². The number of likely N-dealkylation sites (N-methyl/N-ethyl adjacent to an activating group) is 2. The lowest BCUT2D eigenvalue weighted by molar-refractivity contribution is -0.137. The Hall–Kier alpha value is -4.42. The maximum Gasteiger partial charge on any atom is 0.407 e. The number of nitrogens with zero attached hydrogens (tertiary/aromatic N) is 1. The molecule has 2 aliphatic rings. The zero-order chi connectivity index (χ0) is 44.3. The number of carboxylic acids is 1. The third-order valence-corrected chi connectivity index (χ3v) is 9.34. The number of nitrogens with one attached hydrogen (secondary N) is 5. The topological polar surface area (TPSA) is 211 Å². The van der Waals surface area contributed by atoms with Gasteiger partial charge in [0.1, 0.15) is 22.8 Å². The SMILES string of the molecule is CC(C)(C)OC(=O)N[C@@H](CC(=O)O)Cc1ccccc1F.CN[C@@H]1C[C@@H](CO)N(C(=O)C[C@@H](Cc2ccccc2F)NC(=O)OC(C)(C)C)C1.CN[C@H]1CN[C@H](CO)C1. The Morgan fingerprint density at radius 3 is 1.61 bits per heavy atom. The molecular formula is C42H66F2N6O9. The number of hydrogen-bond donors (Lipinski definition) is 8. The zero-order valence-electron chi connectivity index (χ0n) is 35.6. The van der Waals surface area contributed by atoms with E-state index in [1.165, 1.54) is 12.1 Å². The molecule has 4 rings (SSSR count). The lowest BCUT2D eigenvalue weighted by atomic mass is 10.0. The summed E-state index contributed by atoms with van der Waals surface area (Å²) in [6.45, 7) is 12.0. The molecule has 0 radical (unpaired) electrons. The molecule has 59 heavy (non-hydrogen) atoms. The van der Waals surface area contributed by atoms with Crippen molar-refractivity contribution in [1.29, 1.82) is 0 Å². The highest BCUT2D eigenvalue weighted by molar-refractivity contribution is 5.79. The van der Waals surface area contributed by atoms with Gasteiger partial charge in [-0.15, -0.1) is 0 Å². The largest absolute Gasteiger partial charge is 0.481 e. The van der Waals surface area contributed by atoms with Gasteiger partial charge in [-0.25, -0.2) is 18.4 Å². The third-order valence-electron chi connectivity index (χ3n) is 9.34. The summed E-state index contributed by atoms with van der Waals surface area (Å²) in [5.41, 5.74) is -0.613. The van der Waals surface area contributed by atoms with Crippen molar-refractivity contribution in [2.75, 3.05) is 40.4 Å². The number of rotatable bonds is 14. The highest BCUT2D eigenvalue weighted by Gasteiger charge is 2.35. The van der Waals surface area contributed by atoms with Crippen LogP contribution in [0.3, 0.4) is 0 Å². The van der Waals surface area contributed by atoms with Crippen LogP contribution in [0.4, 0.5) is 18.4 Å². The first-order valence-corrected chi connectivity index (χ1v) is 19.9. The predicted octanol–water partition coefficient (Wildman–Crippen LogP) is 3.50. The number of amides is 3. The molecule has 2 saturated heterocycles. The van der Waals surface area contributed by atoms with Gasteiger partial charge in [-0.1, -0.05) is 36.4 Å². The molecule has 2 heterocycles. The number of aliphatic carboxylic acids is 1. The second-order valence-corrected chi connectivity index (χ2v) is 16.7. The van der Waals surface area contributed by atoms with Crippen molar-refractivity contribution in [2.24, 2.45) is 0 Å². The van der Waals surface area contributed by atoms with E-state index >= 15 is 0 Å². The van der Waals surface area contributed by atoms with E-state index in [0.29, 0.717) is 36.2 Å². The van der Waals surface area contributed by atoms with Crippen LogP contribution in [0.1, 0.15) is 78.4 Å². The fourth-order valence-corrected chi connectivity index (χ4v) is 6.48. The van der Waals surface area contributed by atoms with E-state index in [4.69, 9.17) is 19.7 Å². The van der Waals surface area contributed by atoms with E-state index in [1.807, 2.05) is 14.1 Å². The first-order valence-electron chi connectivity index (χ1n) is 19.9. The molecule has 0 unspecified atom stereocenters. The van der Waals surface area contributed by atoms with Gasteiger partial charge < -0.3 is 56.3 Å². The van der Waals surface area contributed by atoms with Crippen LogP contribution in [0.5, 0.6) is 0 Å². The van der Waals surface area contributed by atoms with Gasteiger partial charge in [-0.2, -0.15) is 0 Å². The number of aliphatic hydroxyl groups excluding tert-OH is 2. The Balaban J connectivity index is 0.000000347. The molecule has 0 spiro atoms. The monoisotopic (exact) mass is 836 g/mol. The Labute approximate surface area is 347 Å². The van der Waals surface area contributed by atoms with E-state index < -0.39 is 47.3 Å². The van der Waals surface area contributed by atoms with Crippen molar-refractivity contribution in [3.8, 4) is 0 Å². The molecule has 3 amide bonds. The summed E-state index contributed by atoms with van der Waals surface area (Å²) in [6.07, 6.45) is 0.255. The lowest BCUT2D eigenvalue weighted by Gasteiger charge is -2.27. The zero-order valence-corrected chi connectivity index (χ0v) is 35.6. The molecule has 8 N–H and O–H groups in total. The molecule has 2 fully saturated rings. The van der Waals surface area contributed by atoms with Gasteiger partial charge in [0.15, 0.2) is 0 Å². The van der Waals surface area contributed by atoms with Crippen molar-refractivity contribution in [2.45, 2.75) is 128 Å². The second-order valence-electron chi connectivity index (χ2n) is 16.7. The second kappa shape index (κ2) is 24.6. The fraction of sp³-hybridized carbons (Fsp3) is 0.619. The minimum absolute atomic E-state index is 0.0134. The van der Waals surface area contributed by atoms with Crippen LogP contribution in [-0.4, -0.2) is 132 Å². The number of alkyl carbamates (subject to hydrolysis) is 2. The summed E-state index contributed by atoms with van der Waals surface area (Å²) < 4.78 is 38.1. The van der Waals surface area contributed by atoms with Gasteiger partial charge in [0.05, 0.1) is 25.7 Å². The first-order chi connectivity index (χ1) is 27.7. The number of aliphatic hydroxyl groups is 2. The molecule has 0 aliphatic carbocycles. The molecule has 6 atom stereocenters.